The second-order valence-electron chi connectivity index (χ2n) is 5.64. The third-order valence-corrected chi connectivity index (χ3v) is 6.23. The minimum Gasteiger partial charge on any atom is -0.495 e. The Bertz CT molecular complexity index is 913. The van der Waals surface area contributed by atoms with Gasteiger partial charge < -0.3 is 10.1 Å². The fourth-order valence-electron chi connectivity index (χ4n) is 2.53. The molecule has 1 aliphatic heterocycles. The Morgan fingerprint density at radius 1 is 1.24 bits per heavy atom. The van der Waals surface area contributed by atoms with Crippen molar-refractivity contribution in [3.8, 4) is 5.75 Å². The predicted molar refractivity (Wildman–Crippen MR) is 98.8 cm³/mol. The first-order chi connectivity index (χ1) is 11.9. The molecule has 1 aliphatic rings. The van der Waals surface area contributed by atoms with Gasteiger partial charge in [0.05, 0.1) is 23.4 Å². The highest BCUT2D eigenvalue weighted by atomic mass is 32.2. The van der Waals surface area contributed by atoms with Crippen LogP contribution in [0.15, 0.2) is 52.3 Å². The zero-order valence-corrected chi connectivity index (χ0v) is 15.4. The van der Waals surface area contributed by atoms with Crippen molar-refractivity contribution in [2.75, 3.05) is 17.1 Å². The number of thioether (sulfide) groups is 1. The number of methoxy groups -OCH3 is 1. The summed E-state index contributed by atoms with van der Waals surface area (Å²) >= 11 is 1.55. The standard InChI is InChI=1S/C17H18N2O4S2/c1-11-9-17(20)18-14-10-12(7-8-16(14)24-11)25(21,22)19-13-5-3-4-6-15(13)23-2/h3-8,10-11,19H,9H2,1-2H3,(H,18,20). The van der Waals surface area contributed by atoms with Crippen LogP contribution in [0.2, 0.25) is 0 Å². The molecule has 25 heavy (non-hydrogen) atoms. The lowest BCUT2D eigenvalue weighted by atomic mass is 10.3. The average molecular weight is 378 g/mol. The van der Waals surface area contributed by atoms with Crippen LogP contribution in [0.25, 0.3) is 0 Å². The lowest BCUT2D eigenvalue weighted by molar-refractivity contribution is -0.116. The first-order valence-corrected chi connectivity index (χ1v) is 10.0. The van der Waals surface area contributed by atoms with Crippen molar-refractivity contribution in [1.29, 1.82) is 0 Å². The summed E-state index contributed by atoms with van der Waals surface area (Å²) in [5.74, 6) is 0.310. The van der Waals surface area contributed by atoms with Crippen molar-refractivity contribution in [2.45, 2.75) is 28.4 Å². The maximum absolute atomic E-state index is 12.7. The first-order valence-electron chi connectivity index (χ1n) is 7.65. The van der Waals surface area contributed by atoms with Gasteiger partial charge in [-0.2, -0.15) is 0 Å². The highest BCUT2D eigenvalue weighted by Crippen LogP contribution is 2.36. The smallest absolute Gasteiger partial charge is 0.262 e. The molecule has 132 valence electrons. The fourth-order valence-corrected chi connectivity index (χ4v) is 4.68. The van der Waals surface area contributed by atoms with E-state index in [1.807, 2.05) is 6.92 Å². The van der Waals surface area contributed by atoms with Gasteiger partial charge in [-0.3, -0.25) is 9.52 Å². The van der Waals surface area contributed by atoms with Crippen LogP contribution in [0.4, 0.5) is 11.4 Å². The Kier molecular flexibility index (Phi) is 4.91. The number of para-hydroxylation sites is 2. The van der Waals surface area contributed by atoms with Crippen LogP contribution in [0.1, 0.15) is 13.3 Å². The Labute approximate surface area is 151 Å². The Morgan fingerprint density at radius 2 is 2.00 bits per heavy atom. The van der Waals surface area contributed by atoms with Gasteiger partial charge in [-0.05, 0) is 30.3 Å². The minimum absolute atomic E-state index is 0.0765. The maximum Gasteiger partial charge on any atom is 0.262 e. The van der Waals surface area contributed by atoms with Crippen molar-refractivity contribution < 1.29 is 17.9 Å². The second-order valence-corrected chi connectivity index (χ2v) is 8.81. The molecule has 6 nitrogen and oxygen atoms in total. The molecule has 2 aromatic carbocycles. The number of amides is 1. The monoisotopic (exact) mass is 378 g/mol. The van der Waals surface area contributed by atoms with E-state index >= 15 is 0 Å². The van der Waals surface area contributed by atoms with Gasteiger partial charge >= 0.3 is 0 Å². The normalized spacial score (nSPS) is 17.2. The third-order valence-electron chi connectivity index (χ3n) is 3.69. The van der Waals surface area contributed by atoms with E-state index in [9.17, 15) is 13.2 Å². The molecule has 1 unspecified atom stereocenters. The molecule has 2 N–H and O–H groups in total. The van der Waals surface area contributed by atoms with Gasteiger partial charge in [0.25, 0.3) is 10.0 Å². The van der Waals surface area contributed by atoms with E-state index in [2.05, 4.69) is 10.0 Å². The van der Waals surface area contributed by atoms with Gasteiger partial charge in [-0.15, -0.1) is 11.8 Å². The summed E-state index contributed by atoms with van der Waals surface area (Å²) in [4.78, 5) is 12.8. The minimum atomic E-state index is -3.81. The van der Waals surface area contributed by atoms with Crippen LogP contribution in [0, 0.1) is 0 Å². The first kappa shape index (κ1) is 17.6. The topological polar surface area (TPSA) is 84.5 Å². The number of carbonyl (C=O) groups excluding carboxylic acids is 1. The zero-order chi connectivity index (χ0) is 18.0. The van der Waals surface area contributed by atoms with E-state index in [1.165, 1.54) is 19.2 Å². The number of fused-ring (bicyclic) bond motifs is 1. The summed E-state index contributed by atoms with van der Waals surface area (Å²) in [5.41, 5.74) is 0.870. The van der Waals surface area contributed by atoms with E-state index < -0.39 is 10.0 Å². The number of benzene rings is 2. The van der Waals surface area contributed by atoms with Gasteiger partial charge in [-0.1, -0.05) is 19.1 Å². The van der Waals surface area contributed by atoms with Gasteiger partial charge in [0.15, 0.2) is 0 Å². The number of rotatable bonds is 4. The number of nitrogens with one attached hydrogen (secondary N) is 2. The molecule has 2 aromatic rings. The zero-order valence-electron chi connectivity index (χ0n) is 13.8. The molecular weight excluding hydrogens is 360 g/mol. The Morgan fingerprint density at radius 3 is 2.76 bits per heavy atom. The van der Waals surface area contributed by atoms with Crippen LogP contribution in [0.3, 0.4) is 0 Å². The lowest BCUT2D eigenvalue weighted by Crippen LogP contribution is -2.15. The van der Waals surface area contributed by atoms with Crippen LogP contribution in [-0.4, -0.2) is 26.7 Å². The lowest BCUT2D eigenvalue weighted by Gasteiger charge is -2.13. The maximum atomic E-state index is 12.7. The van der Waals surface area contributed by atoms with Crippen LogP contribution < -0.4 is 14.8 Å². The molecule has 8 heteroatoms. The number of carbonyl (C=O) groups is 1. The van der Waals surface area contributed by atoms with E-state index in [-0.39, 0.29) is 16.1 Å². The molecule has 0 bridgehead atoms. The second kappa shape index (κ2) is 6.97. The summed E-state index contributed by atoms with van der Waals surface area (Å²) in [7, 11) is -2.34. The van der Waals surface area contributed by atoms with Gasteiger partial charge in [-0.25, -0.2) is 8.42 Å². The average Bonchev–Trinajstić information content (AvgIpc) is 2.70. The molecule has 0 saturated carbocycles. The van der Waals surface area contributed by atoms with Crippen LogP contribution in [0.5, 0.6) is 5.75 Å². The van der Waals surface area contributed by atoms with Gasteiger partial charge in [0.2, 0.25) is 5.91 Å². The highest BCUT2D eigenvalue weighted by molar-refractivity contribution is 8.00. The highest BCUT2D eigenvalue weighted by Gasteiger charge is 2.22. The molecule has 1 heterocycles. The van der Waals surface area contributed by atoms with Crippen molar-refractivity contribution in [2.24, 2.45) is 0 Å². The molecule has 0 radical (unpaired) electrons. The van der Waals surface area contributed by atoms with E-state index in [1.54, 1.807) is 42.1 Å². The number of hydrogen-bond acceptors (Lipinski definition) is 5. The van der Waals surface area contributed by atoms with Gasteiger partial charge in [0, 0.05) is 16.6 Å². The summed E-state index contributed by atoms with van der Waals surface area (Å²) in [6.45, 7) is 1.97. The summed E-state index contributed by atoms with van der Waals surface area (Å²) in [5, 5.41) is 2.91. The van der Waals surface area contributed by atoms with E-state index in [0.717, 1.165) is 4.90 Å². The largest absolute Gasteiger partial charge is 0.495 e. The number of ether oxygens (including phenoxy) is 1. The number of anilines is 2. The fraction of sp³-hybridized carbons (Fsp3) is 0.235. The molecule has 3 rings (SSSR count). The Hall–Kier alpha value is -2.19. The summed E-state index contributed by atoms with van der Waals surface area (Å²) < 4.78 is 33.1. The Balaban J connectivity index is 1.94. The molecule has 0 saturated heterocycles. The third kappa shape index (κ3) is 3.91. The molecule has 1 amide bonds. The SMILES string of the molecule is COc1ccccc1NS(=O)(=O)c1ccc2c(c1)NC(=O)CC(C)S2. The van der Waals surface area contributed by atoms with Crippen molar-refractivity contribution in [3.63, 3.8) is 0 Å². The van der Waals surface area contributed by atoms with Crippen LogP contribution in [-0.2, 0) is 14.8 Å². The van der Waals surface area contributed by atoms with Crippen LogP contribution >= 0.6 is 11.8 Å². The quantitative estimate of drug-likeness (QED) is 0.853. The molecule has 0 fully saturated rings. The summed E-state index contributed by atoms with van der Waals surface area (Å²) in [6, 6.07) is 11.5. The van der Waals surface area contributed by atoms with Crippen molar-refractivity contribution in [3.05, 3.63) is 42.5 Å². The van der Waals surface area contributed by atoms with Crippen molar-refractivity contribution in [1.82, 2.24) is 0 Å². The molecule has 1 atom stereocenters. The molecule has 0 spiro atoms. The summed E-state index contributed by atoms with van der Waals surface area (Å²) in [6.07, 6.45) is 0.390. The number of hydrogen-bond donors (Lipinski definition) is 2. The van der Waals surface area contributed by atoms with E-state index in [0.29, 0.717) is 23.5 Å². The molecule has 0 aromatic heterocycles. The van der Waals surface area contributed by atoms with E-state index in [4.69, 9.17) is 4.74 Å². The number of sulfonamides is 1. The predicted octanol–water partition coefficient (Wildman–Crippen LogP) is 3.32. The molecule has 0 aliphatic carbocycles. The van der Waals surface area contributed by atoms with Crippen molar-refractivity contribution >= 4 is 39.1 Å². The molecular formula is C17H18N2O4S2. The van der Waals surface area contributed by atoms with Gasteiger partial charge in [0.1, 0.15) is 5.75 Å².